The molecule has 3 rings (SSSR count). The normalized spacial score (nSPS) is 17.1. The van der Waals surface area contributed by atoms with Gasteiger partial charge in [-0.3, -0.25) is 4.79 Å². The minimum absolute atomic E-state index is 0.0215. The second-order valence-corrected chi connectivity index (χ2v) is 7.26. The van der Waals surface area contributed by atoms with E-state index in [9.17, 15) is 10.1 Å². The van der Waals surface area contributed by atoms with Gasteiger partial charge in [-0.25, -0.2) is 0 Å². The molecule has 0 fully saturated rings. The Morgan fingerprint density at radius 3 is 2.56 bits per heavy atom. The highest BCUT2D eigenvalue weighted by Gasteiger charge is 2.29. The zero-order valence-corrected chi connectivity index (χ0v) is 15.0. The summed E-state index contributed by atoms with van der Waals surface area (Å²) >= 11 is 1.56. The maximum atomic E-state index is 12.2. The van der Waals surface area contributed by atoms with Crippen LogP contribution in [-0.4, -0.2) is 11.7 Å². The molecule has 0 saturated heterocycles. The second-order valence-electron chi connectivity index (χ2n) is 6.15. The summed E-state index contributed by atoms with van der Waals surface area (Å²) in [5.74, 6) is 0.649. The molecule has 1 unspecified atom stereocenters. The fourth-order valence-electron chi connectivity index (χ4n) is 2.93. The first-order valence-electron chi connectivity index (χ1n) is 8.35. The lowest BCUT2D eigenvalue weighted by atomic mass is 9.87. The molecule has 1 N–H and O–H groups in total. The number of allylic oxidation sites excluding steroid dienone is 1. The molecular formula is C21H20N2OS. The van der Waals surface area contributed by atoms with E-state index < -0.39 is 0 Å². The number of amides is 1. The van der Waals surface area contributed by atoms with Crippen LogP contribution in [0.25, 0.3) is 0 Å². The van der Waals surface area contributed by atoms with Crippen LogP contribution < -0.4 is 5.32 Å². The number of nitrogens with one attached hydrogen (secondary N) is 1. The van der Waals surface area contributed by atoms with Crippen LogP contribution in [0.3, 0.4) is 0 Å². The molecule has 0 aliphatic carbocycles. The van der Waals surface area contributed by atoms with Gasteiger partial charge in [-0.2, -0.15) is 5.26 Å². The molecule has 1 aliphatic heterocycles. The molecule has 0 aromatic heterocycles. The van der Waals surface area contributed by atoms with Gasteiger partial charge in [0, 0.05) is 18.1 Å². The lowest BCUT2D eigenvalue weighted by Crippen LogP contribution is -2.31. The summed E-state index contributed by atoms with van der Waals surface area (Å²) < 4.78 is 0. The molecule has 25 heavy (non-hydrogen) atoms. The van der Waals surface area contributed by atoms with Crippen molar-refractivity contribution in [2.24, 2.45) is 0 Å². The first-order chi connectivity index (χ1) is 12.2. The SMILES string of the molecule is Cc1ccc(C2CC(=O)NC(SCCc3ccccc3)=C2C#N)cc1. The third-order valence-corrected chi connectivity index (χ3v) is 5.33. The predicted molar refractivity (Wildman–Crippen MR) is 102 cm³/mol. The lowest BCUT2D eigenvalue weighted by Gasteiger charge is -2.25. The number of hydrogen-bond donors (Lipinski definition) is 1. The van der Waals surface area contributed by atoms with Crippen LogP contribution in [0.1, 0.15) is 29.0 Å². The maximum Gasteiger partial charge on any atom is 0.225 e. The Kier molecular flexibility index (Phi) is 5.57. The smallest absolute Gasteiger partial charge is 0.225 e. The Hall–Kier alpha value is -2.51. The number of benzene rings is 2. The van der Waals surface area contributed by atoms with Crippen LogP contribution in [0.2, 0.25) is 0 Å². The summed E-state index contributed by atoms with van der Waals surface area (Å²) in [4.78, 5) is 12.2. The van der Waals surface area contributed by atoms with E-state index in [4.69, 9.17) is 0 Å². The summed E-state index contributed by atoms with van der Waals surface area (Å²) in [5, 5.41) is 13.3. The van der Waals surface area contributed by atoms with E-state index in [1.807, 2.05) is 49.4 Å². The van der Waals surface area contributed by atoms with Gasteiger partial charge in [-0.15, -0.1) is 11.8 Å². The van der Waals surface area contributed by atoms with Crippen molar-refractivity contribution >= 4 is 17.7 Å². The molecule has 1 aliphatic rings. The Morgan fingerprint density at radius 2 is 1.88 bits per heavy atom. The third-order valence-electron chi connectivity index (χ3n) is 4.32. The Bertz CT molecular complexity index is 819. The topological polar surface area (TPSA) is 52.9 Å². The zero-order valence-electron chi connectivity index (χ0n) is 14.2. The highest BCUT2D eigenvalue weighted by atomic mass is 32.2. The molecule has 2 aromatic carbocycles. The van der Waals surface area contributed by atoms with Gasteiger partial charge in [0.2, 0.25) is 5.91 Å². The summed E-state index contributed by atoms with van der Waals surface area (Å²) in [5.41, 5.74) is 4.12. The van der Waals surface area contributed by atoms with Crippen LogP contribution in [0.15, 0.2) is 65.2 Å². The summed E-state index contributed by atoms with van der Waals surface area (Å²) in [6, 6.07) is 20.6. The number of aryl methyl sites for hydroxylation is 2. The van der Waals surface area contributed by atoms with Gasteiger partial charge in [0.1, 0.15) is 0 Å². The van der Waals surface area contributed by atoms with E-state index in [-0.39, 0.29) is 11.8 Å². The first kappa shape index (κ1) is 17.3. The molecule has 4 heteroatoms. The molecule has 0 saturated carbocycles. The van der Waals surface area contributed by atoms with Gasteiger partial charge >= 0.3 is 0 Å². The van der Waals surface area contributed by atoms with Crippen LogP contribution in [-0.2, 0) is 11.2 Å². The molecular weight excluding hydrogens is 328 g/mol. The van der Waals surface area contributed by atoms with Crippen molar-refractivity contribution in [2.75, 3.05) is 5.75 Å². The molecule has 0 spiro atoms. The van der Waals surface area contributed by atoms with E-state index in [1.54, 1.807) is 11.8 Å². The number of nitriles is 1. The molecule has 126 valence electrons. The minimum Gasteiger partial charge on any atom is -0.320 e. The zero-order chi connectivity index (χ0) is 17.6. The van der Waals surface area contributed by atoms with Gasteiger partial charge in [-0.05, 0) is 24.5 Å². The Labute approximate surface area is 152 Å². The van der Waals surface area contributed by atoms with Crippen LogP contribution in [0, 0.1) is 18.3 Å². The highest BCUT2D eigenvalue weighted by molar-refractivity contribution is 8.03. The Morgan fingerprint density at radius 1 is 1.16 bits per heavy atom. The van der Waals surface area contributed by atoms with E-state index >= 15 is 0 Å². The second kappa shape index (κ2) is 8.04. The van der Waals surface area contributed by atoms with Crippen molar-refractivity contribution in [3.05, 3.63) is 81.9 Å². The number of hydrogen-bond acceptors (Lipinski definition) is 3. The average molecular weight is 348 g/mol. The first-order valence-corrected chi connectivity index (χ1v) is 9.33. The molecule has 0 radical (unpaired) electrons. The van der Waals surface area contributed by atoms with E-state index in [1.165, 1.54) is 11.1 Å². The van der Waals surface area contributed by atoms with Crippen LogP contribution in [0.5, 0.6) is 0 Å². The molecule has 1 atom stereocenters. The largest absolute Gasteiger partial charge is 0.320 e. The van der Waals surface area contributed by atoms with Crippen molar-refractivity contribution in [3.8, 4) is 6.07 Å². The van der Waals surface area contributed by atoms with Crippen molar-refractivity contribution in [1.82, 2.24) is 5.32 Å². The van der Waals surface area contributed by atoms with Crippen LogP contribution >= 0.6 is 11.8 Å². The number of rotatable bonds is 5. The number of nitrogens with zero attached hydrogens (tertiary/aromatic N) is 1. The molecule has 3 nitrogen and oxygen atoms in total. The Balaban J connectivity index is 1.78. The van der Waals surface area contributed by atoms with Gasteiger partial charge in [0.25, 0.3) is 0 Å². The quantitative estimate of drug-likeness (QED) is 0.876. The van der Waals surface area contributed by atoms with Gasteiger partial charge in [-0.1, -0.05) is 60.2 Å². The van der Waals surface area contributed by atoms with E-state index in [0.29, 0.717) is 17.0 Å². The standard InChI is InChI=1S/C21H20N2OS/c1-15-7-9-17(10-8-15)18-13-20(24)23-21(19(18)14-22)25-12-11-16-5-3-2-4-6-16/h2-10,18H,11-13H2,1H3,(H,23,24). The maximum absolute atomic E-state index is 12.2. The van der Waals surface area contributed by atoms with Crippen molar-refractivity contribution in [1.29, 1.82) is 5.26 Å². The highest BCUT2D eigenvalue weighted by Crippen LogP contribution is 2.36. The van der Waals surface area contributed by atoms with Gasteiger partial charge < -0.3 is 5.32 Å². The fraction of sp³-hybridized carbons (Fsp3) is 0.238. The van der Waals surface area contributed by atoms with Crippen molar-refractivity contribution in [3.63, 3.8) is 0 Å². The summed E-state index contributed by atoms with van der Waals surface area (Å²) in [7, 11) is 0. The third kappa shape index (κ3) is 4.32. The molecule has 1 heterocycles. The average Bonchev–Trinajstić information content (AvgIpc) is 2.63. The number of carbonyl (C=O) groups excluding carboxylic acids is 1. The van der Waals surface area contributed by atoms with E-state index in [0.717, 1.165) is 17.7 Å². The van der Waals surface area contributed by atoms with E-state index in [2.05, 4.69) is 23.5 Å². The van der Waals surface area contributed by atoms with Gasteiger partial charge in [0.05, 0.1) is 16.7 Å². The number of carbonyl (C=O) groups is 1. The minimum atomic E-state index is -0.154. The molecule has 1 amide bonds. The summed E-state index contributed by atoms with van der Waals surface area (Å²) in [6.45, 7) is 2.03. The molecule has 2 aromatic rings. The fourth-order valence-corrected chi connectivity index (χ4v) is 4.00. The summed E-state index contributed by atoms with van der Waals surface area (Å²) in [6.07, 6.45) is 1.23. The lowest BCUT2D eigenvalue weighted by molar-refractivity contribution is -0.120. The van der Waals surface area contributed by atoms with Crippen molar-refractivity contribution < 1.29 is 4.79 Å². The van der Waals surface area contributed by atoms with Crippen LogP contribution in [0.4, 0.5) is 0 Å². The van der Waals surface area contributed by atoms with Gasteiger partial charge in [0.15, 0.2) is 0 Å². The van der Waals surface area contributed by atoms with Crippen molar-refractivity contribution in [2.45, 2.75) is 25.7 Å². The molecule has 0 bridgehead atoms. The monoisotopic (exact) mass is 348 g/mol. The number of thioether (sulfide) groups is 1. The predicted octanol–water partition coefficient (Wildman–Crippen LogP) is 4.31.